The molecule has 1 aromatic rings. The molecular formula is C13H15Cl4N2O3S+. The first-order valence-corrected chi connectivity index (χ1v) is 10.1. The van der Waals surface area contributed by atoms with Crippen LogP contribution >= 0.6 is 46.4 Å². The summed E-state index contributed by atoms with van der Waals surface area (Å²) < 4.78 is 21.3. The largest absolute Gasteiger partial charge is 0.320 e. The van der Waals surface area contributed by atoms with E-state index in [1.54, 1.807) is 23.5 Å². The van der Waals surface area contributed by atoms with Gasteiger partial charge in [0, 0.05) is 17.0 Å². The molecule has 1 heterocycles. The van der Waals surface area contributed by atoms with E-state index in [1.807, 2.05) is 0 Å². The summed E-state index contributed by atoms with van der Waals surface area (Å²) in [7, 11) is -3.06. The van der Waals surface area contributed by atoms with Crippen molar-refractivity contribution in [2.45, 2.75) is 22.4 Å². The molecule has 10 heteroatoms. The smallest absolute Gasteiger partial charge is 0.262 e. The van der Waals surface area contributed by atoms with Crippen molar-refractivity contribution in [1.82, 2.24) is 5.32 Å². The van der Waals surface area contributed by atoms with Crippen LogP contribution in [0.25, 0.3) is 0 Å². The zero-order valence-electron chi connectivity index (χ0n) is 11.8. The second-order valence-corrected chi connectivity index (χ2v) is 10.4. The lowest BCUT2D eigenvalue weighted by Crippen LogP contribution is -3.00. The highest BCUT2D eigenvalue weighted by atomic mass is 35.6. The van der Waals surface area contributed by atoms with Crippen molar-refractivity contribution >= 4 is 62.1 Å². The van der Waals surface area contributed by atoms with Crippen LogP contribution in [0.4, 0.5) is 0 Å². The number of carbonyl (C=O) groups is 1. The van der Waals surface area contributed by atoms with Crippen LogP contribution in [0.15, 0.2) is 24.3 Å². The highest BCUT2D eigenvalue weighted by molar-refractivity contribution is 7.91. The van der Waals surface area contributed by atoms with Crippen molar-refractivity contribution in [3.63, 3.8) is 0 Å². The minimum absolute atomic E-state index is 0.00270. The zero-order valence-corrected chi connectivity index (χ0v) is 15.6. The first kappa shape index (κ1) is 19.1. The Kier molecular flexibility index (Phi) is 6.09. The third kappa shape index (κ3) is 5.66. The fourth-order valence-electron chi connectivity index (χ4n) is 2.34. The van der Waals surface area contributed by atoms with Crippen molar-refractivity contribution in [3.8, 4) is 0 Å². The number of alkyl halides is 3. The summed E-state index contributed by atoms with van der Waals surface area (Å²) >= 11 is 23.6. The number of benzene rings is 1. The van der Waals surface area contributed by atoms with E-state index in [4.69, 9.17) is 46.4 Å². The SMILES string of the molecule is O=C(NC([NH2+]C1CCS(=O)(=O)C1)C(Cl)(Cl)Cl)c1cccc(Cl)c1. The molecule has 1 fully saturated rings. The molecule has 0 aromatic heterocycles. The topological polar surface area (TPSA) is 79.8 Å². The van der Waals surface area contributed by atoms with Gasteiger partial charge in [0.1, 0.15) is 11.8 Å². The van der Waals surface area contributed by atoms with E-state index in [0.29, 0.717) is 17.0 Å². The molecule has 128 valence electrons. The number of rotatable bonds is 4. The fourth-order valence-corrected chi connectivity index (χ4v) is 4.67. The normalized spacial score (nSPS) is 21.8. The standard InChI is InChI=1S/C13H14Cl4N2O3S/c14-9-3-1-2-8(6-9)11(20)19-12(13(15,16)17)18-10-4-5-23(21,22)7-10/h1-3,6,10,12,18H,4-5,7H2,(H,19,20)/p+1. The van der Waals surface area contributed by atoms with Crippen molar-refractivity contribution in [1.29, 1.82) is 0 Å². The Morgan fingerprint density at radius 2 is 2.04 bits per heavy atom. The average Bonchev–Trinajstić information content (AvgIpc) is 2.76. The van der Waals surface area contributed by atoms with Gasteiger partial charge >= 0.3 is 0 Å². The highest BCUT2D eigenvalue weighted by Crippen LogP contribution is 2.28. The van der Waals surface area contributed by atoms with Gasteiger partial charge in [-0.25, -0.2) is 8.42 Å². The monoisotopic (exact) mass is 419 g/mol. The lowest BCUT2D eigenvalue weighted by Gasteiger charge is -2.25. The van der Waals surface area contributed by atoms with Gasteiger partial charge in [-0.3, -0.25) is 10.1 Å². The number of halogens is 4. The first-order chi connectivity index (χ1) is 10.6. The van der Waals surface area contributed by atoms with Gasteiger partial charge in [-0.1, -0.05) is 52.5 Å². The number of carbonyl (C=O) groups excluding carboxylic acids is 1. The summed E-state index contributed by atoms with van der Waals surface area (Å²) in [6.07, 6.45) is -0.468. The van der Waals surface area contributed by atoms with Crippen molar-refractivity contribution in [3.05, 3.63) is 34.9 Å². The Hall–Kier alpha value is -0.240. The number of hydrogen-bond acceptors (Lipinski definition) is 3. The lowest BCUT2D eigenvalue weighted by molar-refractivity contribution is -0.719. The third-order valence-electron chi connectivity index (χ3n) is 3.46. The van der Waals surface area contributed by atoms with E-state index in [1.165, 1.54) is 6.07 Å². The predicted octanol–water partition coefficient (Wildman–Crippen LogP) is 1.52. The van der Waals surface area contributed by atoms with Gasteiger partial charge in [-0.05, 0) is 18.2 Å². The molecule has 0 bridgehead atoms. The van der Waals surface area contributed by atoms with E-state index < -0.39 is 25.7 Å². The average molecular weight is 421 g/mol. The Labute approximate surface area is 154 Å². The highest BCUT2D eigenvalue weighted by Gasteiger charge is 2.42. The lowest BCUT2D eigenvalue weighted by atomic mass is 10.2. The Morgan fingerprint density at radius 1 is 1.35 bits per heavy atom. The summed E-state index contributed by atoms with van der Waals surface area (Å²) in [5, 5.41) is 4.61. The van der Waals surface area contributed by atoms with Crippen LogP contribution in [-0.4, -0.2) is 41.8 Å². The Balaban J connectivity index is 2.09. The molecule has 1 aliphatic rings. The zero-order chi connectivity index (χ0) is 17.3. The predicted molar refractivity (Wildman–Crippen MR) is 92.0 cm³/mol. The number of amides is 1. The first-order valence-electron chi connectivity index (χ1n) is 6.75. The van der Waals surface area contributed by atoms with Crippen LogP contribution < -0.4 is 10.6 Å². The minimum atomic E-state index is -3.06. The second-order valence-electron chi connectivity index (χ2n) is 5.36. The minimum Gasteiger partial charge on any atom is -0.320 e. The second kappa shape index (κ2) is 7.33. The molecule has 1 aromatic carbocycles. The summed E-state index contributed by atoms with van der Waals surface area (Å²) in [6.45, 7) is 0. The van der Waals surface area contributed by atoms with Crippen LogP contribution in [0.1, 0.15) is 16.8 Å². The quantitative estimate of drug-likeness (QED) is 0.572. The Morgan fingerprint density at radius 3 is 2.57 bits per heavy atom. The number of nitrogens with one attached hydrogen (secondary N) is 1. The number of sulfone groups is 1. The summed E-state index contributed by atoms with van der Waals surface area (Å²) in [5.41, 5.74) is 0.323. The molecule has 3 N–H and O–H groups in total. The molecule has 1 aliphatic heterocycles. The van der Waals surface area contributed by atoms with Crippen LogP contribution in [0.3, 0.4) is 0 Å². The molecule has 23 heavy (non-hydrogen) atoms. The summed E-state index contributed by atoms with van der Waals surface area (Å²) in [6, 6.07) is 6.08. The molecule has 0 aliphatic carbocycles. The maximum atomic E-state index is 12.3. The maximum absolute atomic E-state index is 12.3. The Bertz CT molecular complexity index is 691. The van der Waals surface area contributed by atoms with Crippen LogP contribution in [0, 0.1) is 0 Å². The van der Waals surface area contributed by atoms with Gasteiger partial charge in [-0.15, -0.1) is 0 Å². The van der Waals surface area contributed by atoms with E-state index >= 15 is 0 Å². The van der Waals surface area contributed by atoms with Crippen molar-refractivity contribution in [2.75, 3.05) is 11.5 Å². The summed E-state index contributed by atoms with van der Waals surface area (Å²) in [4.78, 5) is 12.3. The van der Waals surface area contributed by atoms with E-state index in [0.717, 1.165) is 0 Å². The molecule has 0 radical (unpaired) electrons. The van der Waals surface area contributed by atoms with Crippen molar-refractivity contribution in [2.24, 2.45) is 0 Å². The van der Waals surface area contributed by atoms with Crippen molar-refractivity contribution < 1.29 is 18.5 Å². The third-order valence-corrected chi connectivity index (χ3v) is 6.19. The molecule has 1 amide bonds. The molecule has 2 unspecified atom stereocenters. The van der Waals surface area contributed by atoms with Crippen LogP contribution in [-0.2, 0) is 9.84 Å². The molecule has 5 nitrogen and oxygen atoms in total. The van der Waals surface area contributed by atoms with Gasteiger partial charge in [-0.2, -0.15) is 0 Å². The van der Waals surface area contributed by atoms with E-state index in [-0.39, 0.29) is 17.5 Å². The molecule has 2 rings (SSSR count). The molecular weight excluding hydrogens is 406 g/mol. The number of quaternary nitrogens is 1. The van der Waals surface area contributed by atoms with Crippen LogP contribution in [0.2, 0.25) is 5.02 Å². The van der Waals surface area contributed by atoms with Gasteiger partial charge in [0.15, 0.2) is 9.84 Å². The molecule has 0 spiro atoms. The maximum Gasteiger partial charge on any atom is 0.262 e. The van der Waals surface area contributed by atoms with E-state index in [2.05, 4.69) is 5.32 Å². The molecule has 1 saturated heterocycles. The van der Waals surface area contributed by atoms with Gasteiger partial charge in [0.05, 0.1) is 5.75 Å². The summed E-state index contributed by atoms with van der Waals surface area (Å²) in [5.74, 6) is -0.360. The molecule has 2 atom stereocenters. The molecule has 0 saturated carbocycles. The van der Waals surface area contributed by atoms with Crippen LogP contribution in [0.5, 0.6) is 0 Å². The van der Waals surface area contributed by atoms with Gasteiger partial charge in [0.2, 0.25) is 6.17 Å². The van der Waals surface area contributed by atoms with Gasteiger partial charge in [0.25, 0.3) is 9.70 Å². The number of hydrogen-bond donors (Lipinski definition) is 2. The fraction of sp³-hybridized carbons (Fsp3) is 0.462. The van der Waals surface area contributed by atoms with E-state index in [9.17, 15) is 13.2 Å². The number of nitrogens with two attached hydrogens (primary N) is 1. The van der Waals surface area contributed by atoms with Gasteiger partial charge < -0.3 is 5.32 Å².